The van der Waals surface area contributed by atoms with Crippen molar-refractivity contribution < 1.29 is 6.90 Å². The van der Waals surface area contributed by atoms with Gasteiger partial charge in [0.15, 0.2) is 0 Å². The summed E-state index contributed by atoms with van der Waals surface area (Å²) in [5.41, 5.74) is 0. The van der Waals surface area contributed by atoms with Crippen LogP contribution in [0.25, 0.3) is 0 Å². The predicted molar refractivity (Wildman–Crippen MR) is 26.2 cm³/mol. The topological polar surface area (TPSA) is 31.5 Å². The molecular formula is H6Na3O+. The van der Waals surface area contributed by atoms with Gasteiger partial charge in [-0.2, -0.15) is 0 Å². The zero-order chi connectivity index (χ0) is 0. The van der Waals surface area contributed by atoms with Crippen LogP contribution in [0.3, 0.4) is 0 Å². The maximum atomic E-state index is 0. The van der Waals surface area contributed by atoms with Crippen LogP contribution in [0, 0.1) is 0 Å². The molecule has 0 aliphatic heterocycles. The molecule has 0 aliphatic carbocycles. The Balaban J connectivity index is 0. The maximum absolute atomic E-state index is 0. The Bertz CT molecular complexity index is 6.85. The first kappa shape index (κ1) is 28.2. The van der Waals surface area contributed by atoms with Crippen molar-refractivity contribution in [1.82, 2.24) is 0 Å². The van der Waals surface area contributed by atoms with Gasteiger partial charge in [-0.25, -0.2) is 0 Å². The third-order valence-electron chi connectivity index (χ3n) is 0. The summed E-state index contributed by atoms with van der Waals surface area (Å²) in [5, 5.41) is 0. The van der Waals surface area contributed by atoms with Crippen LogP contribution in [0.1, 0.15) is 1.43 Å². The summed E-state index contributed by atoms with van der Waals surface area (Å²) < 4.78 is 0. The van der Waals surface area contributed by atoms with Crippen LogP contribution in [-0.2, 0) is 0 Å². The van der Waals surface area contributed by atoms with E-state index in [0.717, 1.165) is 0 Å². The standard InChI is InChI=1S/3Na.H2O.3H/h;;;1H2;;;/p+1. The summed E-state index contributed by atoms with van der Waals surface area (Å²) in [6, 6.07) is 0. The Hall–Kier alpha value is 2.96. The van der Waals surface area contributed by atoms with Crippen molar-refractivity contribution in [2.75, 3.05) is 0 Å². The molecule has 1 nitrogen and oxygen atoms in total. The molecule has 0 heterocycles. The second-order valence-corrected chi connectivity index (χ2v) is 0. The molecule has 4 heteroatoms. The molecule has 4 heavy (non-hydrogen) atoms. The average Bonchev–Trinajstić information content (AvgIpc) is 0. The second kappa shape index (κ2) is 16.7. The Morgan fingerprint density at radius 1 is 0.750 bits per heavy atom. The van der Waals surface area contributed by atoms with Crippen LogP contribution in [0.5, 0.6) is 0 Å². The van der Waals surface area contributed by atoms with Crippen LogP contribution >= 0.6 is 0 Å². The fraction of sp³-hybridized carbons (Fsp3) is 0. The Labute approximate surface area is 93.6 Å². The van der Waals surface area contributed by atoms with Crippen molar-refractivity contribution in [2.24, 2.45) is 0 Å². The Morgan fingerprint density at radius 2 is 0.750 bits per heavy atom. The molecule has 14 valence electrons. The SMILES string of the molecule is O.[H+].[NaH].[NaH].[NaH]. The minimum atomic E-state index is 0. The van der Waals surface area contributed by atoms with Crippen molar-refractivity contribution in [3.05, 3.63) is 0 Å². The Kier molecular flexibility index (Phi) is 118. The molecule has 0 fully saturated rings. The fourth-order valence-electron chi connectivity index (χ4n) is 0. The third-order valence-corrected chi connectivity index (χ3v) is 0. The van der Waals surface area contributed by atoms with E-state index in [4.69, 9.17) is 0 Å². The molecule has 0 rings (SSSR count). The molecule has 0 aromatic rings. The van der Waals surface area contributed by atoms with Gasteiger partial charge in [-0.1, -0.05) is 0 Å². The van der Waals surface area contributed by atoms with E-state index in [9.17, 15) is 0 Å². The zero-order valence-corrected chi connectivity index (χ0v) is 0.500. The second-order valence-electron chi connectivity index (χ2n) is 0. The van der Waals surface area contributed by atoms with Crippen LogP contribution in [0.2, 0.25) is 0 Å². The molecule has 0 atom stereocenters. The monoisotopic (exact) mass is 91.0 g/mol. The number of hydrogen-bond donors (Lipinski definition) is 0. The molecule has 0 aromatic heterocycles. The van der Waals surface area contributed by atoms with E-state index in [1.807, 2.05) is 0 Å². The molecule has 2 N–H and O–H groups in total. The molecular weight excluding hydrogens is 85.0 g/mol. The van der Waals surface area contributed by atoms with E-state index in [2.05, 4.69) is 0 Å². The normalized spacial score (nSPS) is 0. The van der Waals surface area contributed by atoms with Gasteiger partial charge in [-0.05, 0) is 0 Å². The minimum absolute atomic E-state index is 0. The molecule has 0 saturated heterocycles. The van der Waals surface area contributed by atoms with E-state index < -0.39 is 0 Å². The van der Waals surface area contributed by atoms with Gasteiger partial charge in [-0.15, -0.1) is 0 Å². The first-order chi connectivity index (χ1) is 0. The molecule has 0 unspecified atom stereocenters. The predicted octanol–water partition coefficient (Wildman–Crippen LogP) is -2.66. The average molecular weight is 91.0 g/mol. The van der Waals surface area contributed by atoms with Gasteiger partial charge in [0.1, 0.15) is 0 Å². The zero-order valence-electron chi connectivity index (χ0n) is 1.50. The molecule has 0 aliphatic rings. The first-order valence-corrected chi connectivity index (χ1v) is 0. The fourth-order valence-corrected chi connectivity index (χ4v) is 0. The van der Waals surface area contributed by atoms with Crippen molar-refractivity contribution >= 4 is 88.7 Å². The van der Waals surface area contributed by atoms with Crippen LogP contribution < -0.4 is 0 Å². The summed E-state index contributed by atoms with van der Waals surface area (Å²) >= 11 is 0. The molecule has 0 saturated carbocycles. The molecule has 0 bridgehead atoms. The molecule has 0 aromatic carbocycles. The number of hydrogen-bond acceptors (Lipinski definition) is 0. The summed E-state index contributed by atoms with van der Waals surface area (Å²) in [6.07, 6.45) is 0. The van der Waals surface area contributed by atoms with Crippen LogP contribution in [-0.4, -0.2) is 94.1 Å². The number of rotatable bonds is 0. The van der Waals surface area contributed by atoms with Crippen LogP contribution in [0.4, 0.5) is 0 Å². The molecule has 0 radical (unpaired) electrons. The molecule has 0 spiro atoms. The van der Waals surface area contributed by atoms with E-state index in [0.29, 0.717) is 0 Å². The van der Waals surface area contributed by atoms with E-state index in [1.165, 1.54) is 0 Å². The van der Waals surface area contributed by atoms with Gasteiger partial charge < -0.3 is 5.48 Å². The van der Waals surface area contributed by atoms with Gasteiger partial charge >= 0.3 is 90.1 Å². The van der Waals surface area contributed by atoms with E-state index in [-0.39, 0.29) is 95.6 Å². The Morgan fingerprint density at radius 3 is 0.750 bits per heavy atom. The van der Waals surface area contributed by atoms with E-state index >= 15 is 0 Å². The van der Waals surface area contributed by atoms with Gasteiger partial charge in [0, 0.05) is 0 Å². The van der Waals surface area contributed by atoms with Crippen molar-refractivity contribution in [3.63, 3.8) is 0 Å². The third kappa shape index (κ3) is 8.88. The van der Waals surface area contributed by atoms with E-state index in [1.54, 1.807) is 0 Å². The first-order valence-electron chi connectivity index (χ1n) is 0. The quantitative estimate of drug-likeness (QED) is 0.291. The van der Waals surface area contributed by atoms with Gasteiger partial charge in [0.2, 0.25) is 0 Å². The van der Waals surface area contributed by atoms with Gasteiger partial charge in [-0.3, -0.25) is 0 Å². The summed E-state index contributed by atoms with van der Waals surface area (Å²) in [6.45, 7) is 0. The van der Waals surface area contributed by atoms with Crippen molar-refractivity contribution in [2.45, 2.75) is 0 Å². The van der Waals surface area contributed by atoms with Crippen molar-refractivity contribution in [1.29, 1.82) is 0 Å². The summed E-state index contributed by atoms with van der Waals surface area (Å²) in [5.74, 6) is 0. The van der Waals surface area contributed by atoms with Gasteiger partial charge in [0.05, 0.1) is 0 Å². The summed E-state index contributed by atoms with van der Waals surface area (Å²) in [7, 11) is 0. The van der Waals surface area contributed by atoms with Crippen LogP contribution in [0.15, 0.2) is 0 Å². The van der Waals surface area contributed by atoms with Crippen molar-refractivity contribution in [3.8, 4) is 0 Å². The van der Waals surface area contributed by atoms with Gasteiger partial charge in [0.25, 0.3) is 0 Å². The summed E-state index contributed by atoms with van der Waals surface area (Å²) in [4.78, 5) is 0. The molecule has 0 amide bonds.